The minimum Gasteiger partial charge on any atom is -0.382 e. The highest BCUT2D eigenvalue weighted by molar-refractivity contribution is 7.20. The Bertz CT molecular complexity index is 1090. The van der Waals surface area contributed by atoms with Gasteiger partial charge in [0.1, 0.15) is 0 Å². The fraction of sp³-hybridized carbons (Fsp3) is 0.385. The first-order valence-corrected chi connectivity index (χ1v) is 11.6. The summed E-state index contributed by atoms with van der Waals surface area (Å²) in [5, 5.41) is 5.34. The van der Waals surface area contributed by atoms with Crippen LogP contribution < -0.4 is 5.32 Å². The molecule has 142 valence electrons. The van der Waals surface area contributed by atoms with E-state index in [1.165, 1.54) is 45.5 Å². The summed E-state index contributed by atoms with van der Waals surface area (Å²) in [7, 11) is 0. The van der Waals surface area contributed by atoms with Gasteiger partial charge in [0.25, 0.3) is 0 Å². The maximum Gasteiger partial charge on any atom is 0.0410 e. The number of nitrogens with one attached hydrogen (secondary N) is 1. The van der Waals surface area contributed by atoms with Gasteiger partial charge in [0, 0.05) is 21.3 Å². The minimum absolute atomic E-state index is 0.579. The van der Waals surface area contributed by atoms with Crippen LogP contribution in [0.4, 0.5) is 5.69 Å². The molecule has 0 saturated heterocycles. The zero-order valence-corrected chi connectivity index (χ0v) is 17.4. The van der Waals surface area contributed by atoms with Crippen molar-refractivity contribution in [3.05, 3.63) is 70.1 Å². The number of benzene rings is 2. The smallest absolute Gasteiger partial charge is 0.0410 e. The van der Waals surface area contributed by atoms with Crippen molar-refractivity contribution in [1.82, 2.24) is 0 Å². The van der Waals surface area contributed by atoms with Gasteiger partial charge < -0.3 is 5.32 Å². The molecule has 1 aromatic heterocycles. The van der Waals surface area contributed by atoms with Gasteiger partial charge >= 0.3 is 0 Å². The zero-order valence-electron chi connectivity index (χ0n) is 16.6. The third kappa shape index (κ3) is 2.37. The number of rotatable bonds is 1. The molecule has 1 saturated carbocycles. The van der Waals surface area contributed by atoms with E-state index in [4.69, 9.17) is 0 Å². The number of aryl methyl sites for hydroxylation is 1. The topological polar surface area (TPSA) is 12.0 Å². The first-order valence-electron chi connectivity index (χ1n) is 10.8. The Balaban J connectivity index is 1.47. The molecule has 1 N–H and O–H groups in total. The molecule has 0 bridgehead atoms. The molecular formula is C26H27NS. The Morgan fingerprint density at radius 1 is 1.04 bits per heavy atom. The average molecular weight is 386 g/mol. The van der Waals surface area contributed by atoms with Crippen LogP contribution in [0, 0.1) is 11.8 Å². The summed E-state index contributed by atoms with van der Waals surface area (Å²) < 4.78 is 1.45. The second-order valence-corrected chi connectivity index (χ2v) is 10.2. The molecule has 2 aliphatic carbocycles. The van der Waals surface area contributed by atoms with Gasteiger partial charge in [-0.3, -0.25) is 0 Å². The highest BCUT2D eigenvalue weighted by Crippen LogP contribution is 2.58. The minimum atomic E-state index is 0.579. The van der Waals surface area contributed by atoms with Crippen molar-refractivity contribution in [1.29, 1.82) is 0 Å². The lowest BCUT2D eigenvalue weighted by atomic mass is 9.76. The molecule has 1 nitrogen and oxygen atoms in total. The lowest BCUT2D eigenvalue weighted by molar-refractivity contribution is 0.482. The van der Waals surface area contributed by atoms with Crippen molar-refractivity contribution in [2.45, 2.75) is 51.0 Å². The van der Waals surface area contributed by atoms with Gasteiger partial charge in [-0.1, -0.05) is 49.4 Å². The molecular weight excluding hydrogens is 358 g/mol. The SMILES string of the molecule is CC1CCc2cccc([C@@H]3C(C)CC4c5c(sc6ccccc56)C=CC43)c2N1. The number of hydrogen-bond donors (Lipinski definition) is 1. The molecule has 0 amide bonds. The van der Waals surface area contributed by atoms with Crippen molar-refractivity contribution < 1.29 is 0 Å². The Morgan fingerprint density at radius 2 is 1.93 bits per heavy atom. The molecule has 0 radical (unpaired) electrons. The molecule has 1 aliphatic heterocycles. The third-order valence-corrected chi connectivity index (χ3v) is 8.55. The standard InChI is InChI=1S/C26H27NS/c1-15-14-21-18(12-13-23-25(21)19-7-3-4-9-22(19)28-23)24(15)20-8-5-6-17-11-10-16(2)27-26(17)20/h3-9,12-13,15-16,18,21,24,27H,10-11,14H2,1-2H3/t15?,16?,18?,21?,24-/m1/s1. The summed E-state index contributed by atoms with van der Waals surface area (Å²) in [5.74, 6) is 2.59. The maximum absolute atomic E-state index is 3.84. The summed E-state index contributed by atoms with van der Waals surface area (Å²) in [6, 6.07) is 16.6. The van der Waals surface area contributed by atoms with Crippen molar-refractivity contribution in [2.24, 2.45) is 11.8 Å². The van der Waals surface area contributed by atoms with Crippen LogP contribution in [-0.4, -0.2) is 6.04 Å². The quantitative estimate of drug-likeness (QED) is 0.467. The predicted octanol–water partition coefficient (Wildman–Crippen LogP) is 7.20. The summed E-state index contributed by atoms with van der Waals surface area (Å²) in [6.07, 6.45) is 8.72. The number of para-hydroxylation sites is 1. The second-order valence-electron chi connectivity index (χ2n) is 9.12. The van der Waals surface area contributed by atoms with E-state index in [2.05, 4.69) is 73.8 Å². The lowest BCUT2D eigenvalue weighted by Gasteiger charge is -2.32. The van der Waals surface area contributed by atoms with E-state index < -0.39 is 0 Å². The first-order chi connectivity index (χ1) is 13.7. The van der Waals surface area contributed by atoms with E-state index in [1.807, 2.05) is 11.3 Å². The van der Waals surface area contributed by atoms with Crippen LogP contribution in [0.2, 0.25) is 0 Å². The van der Waals surface area contributed by atoms with Crippen LogP contribution in [-0.2, 0) is 6.42 Å². The maximum atomic E-state index is 3.84. The van der Waals surface area contributed by atoms with Gasteiger partial charge in [0.05, 0.1) is 0 Å². The number of allylic oxidation sites excluding steroid dienone is 1. The Kier molecular flexibility index (Phi) is 3.74. The van der Waals surface area contributed by atoms with E-state index in [0.717, 1.165) is 0 Å². The highest BCUT2D eigenvalue weighted by atomic mass is 32.1. The Morgan fingerprint density at radius 3 is 2.86 bits per heavy atom. The molecule has 5 atom stereocenters. The fourth-order valence-electron chi connectivity index (χ4n) is 6.17. The molecule has 2 heteroatoms. The molecule has 0 spiro atoms. The molecule has 2 aromatic carbocycles. The second kappa shape index (κ2) is 6.22. The van der Waals surface area contributed by atoms with Crippen LogP contribution >= 0.6 is 11.3 Å². The van der Waals surface area contributed by atoms with E-state index >= 15 is 0 Å². The van der Waals surface area contributed by atoms with Crippen LogP contribution in [0.5, 0.6) is 0 Å². The summed E-state index contributed by atoms with van der Waals surface area (Å²) in [5.41, 5.74) is 6.17. The lowest BCUT2D eigenvalue weighted by Crippen LogP contribution is -2.25. The summed E-state index contributed by atoms with van der Waals surface area (Å²) >= 11 is 1.97. The summed E-state index contributed by atoms with van der Waals surface area (Å²) in [4.78, 5) is 1.50. The van der Waals surface area contributed by atoms with Gasteiger partial charge in [-0.05, 0) is 84.1 Å². The van der Waals surface area contributed by atoms with E-state index in [0.29, 0.717) is 29.7 Å². The first kappa shape index (κ1) is 16.9. The van der Waals surface area contributed by atoms with Gasteiger partial charge in [-0.15, -0.1) is 11.3 Å². The number of thiophene rings is 1. The Labute approximate surface area is 171 Å². The van der Waals surface area contributed by atoms with Crippen LogP contribution in [0.15, 0.2) is 48.5 Å². The van der Waals surface area contributed by atoms with Gasteiger partial charge in [0.15, 0.2) is 0 Å². The summed E-state index contributed by atoms with van der Waals surface area (Å²) in [6.45, 7) is 4.81. The third-order valence-electron chi connectivity index (χ3n) is 7.40. The van der Waals surface area contributed by atoms with E-state index in [9.17, 15) is 0 Å². The van der Waals surface area contributed by atoms with Crippen LogP contribution in [0.1, 0.15) is 60.1 Å². The molecule has 3 aromatic rings. The molecule has 6 rings (SSSR count). The van der Waals surface area contributed by atoms with E-state index in [-0.39, 0.29) is 0 Å². The predicted molar refractivity (Wildman–Crippen MR) is 121 cm³/mol. The molecule has 2 heterocycles. The van der Waals surface area contributed by atoms with E-state index in [1.54, 1.807) is 11.1 Å². The zero-order chi connectivity index (χ0) is 18.8. The van der Waals surface area contributed by atoms with Gasteiger partial charge in [-0.25, -0.2) is 0 Å². The highest BCUT2D eigenvalue weighted by Gasteiger charge is 2.45. The van der Waals surface area contributed by atoms with Crippen molar-refractivity contribution in [3.8, 4) is 0 Å². The van der Waals surface area contributed by atoms with Crippen molar-refractivity contribution in [3.63, 3.8) is 0 Å². The fourth-order valence-corrected chi connectivity index (χ4v) is 7.36. The average Bonchev–Trinajstić information content (AvgIpc) is 3.24. The number of anilines is 1. The Hall–Kier alpha value is -2.06. The molecule has 4 unspecified atom stereocenters. The number of fused-ring (bicyclic) bond motifs is 6. The molecule has 3 aliphatic rings. The number of hydrogen-bond acceptors (Lipinski definition) is 2. The molecule has 1 fully saturated rings. The van der Waals surface area contributed by atoms with Crippen LogP contribution in [0.25, 0.3) is 16.2 Å². The largest absolute Gasteiger partial charge is 0.382 e. The van der Waals surface area contributed by atoms with Crippen molar-refractivity contribution >= 4 is 33.2 Å². The normalized spacial score (nSPS) is 30.6. The van der Waals surface area contributed by atoms with Gasteiger partial charge in [-0.2, -0.15) is 0 Å². The van der Waals surface area contributed by atoms with Gasteiger partial charge in [0.2, 0.25) is 0 Å². The van der Waals surface area contributed by atoms with Crippen molar-refractivity contribution in [2.75, 3.05) is 5.32 Å². The van der Waals surface area contributed by atoms with Crippen LogP contribution in [0.3, 0.4) is 0 Å². The molecule has 28 heavy (non-hydrogen) atoms. The monoisotopic (exact) mass is 385 g/mol.